The number of ketones is 4. The van der Waals surface area contributed by atoms with E-state index < -0.39 is 82.7 Å². The Bertz CT molecular complexity index is 1180. The lowest BCUT2D eigenvalue weighted by Crippen LogP contribution is -2.73. The molecular weight excluding hydrogens is 490 g/mol. The Hall–Kier alpha value is -3.05. The van der Waals surface area contributed by atoms with Crippen LogP contribution in [0.4, 0.5) is 0 Å². The van der Waals surface area contributed by atoms with Gasteiger partial charge in [0.25, 0.3) is 0 Å². The fourth-order valence-electron chi connectivity index (χ4n) is 6.01. The topological polar surface area (TPSA) is 178 Å². The van der Waals surface area contributed by atoms with Crippen LogP contribution in [0.2, 0.25) is 0 Å². The van der Waals surface area contributed by atoms with Gasteiger partial charge in [0.2, 0.25) is 5.91 Å². The van der Waals surface area contributed by atoms with E-state index in [0.717, 1.165) is 19.1 Å². The summed E-state index contributed by atoms with van der Waals surface area (Å²) < 4.78 is 5.57. The third-order valence-corrected chi connectivity index (χ3v) is 8.73. The summed E-state index contributed by atoms with van der Waals surface area (Å²) >= 11 is 1.54. The first-order valence-electron chi connectivity index (χ1n) is 11.7. The number of phenolic OH excluding ortho intramolecular Hbond substituents is 1. The second-order valence-corrected chi connectivity index (χ2v) is 10.7. The van der Waals surface area contributed by atoms with E-state index in [4.69, 9.17) is 10.5 Å². The second-order valence-electron chi connectivity index (χ2n) is 9.52. The lowest BCUT2D eigenvalue weighted by molar-refractivity contribution is -0.197. The number of ether oxygens (including phenoxy) is 1. The minimum Gasteiger partial charge on any atom is -0.507 e. The van der Waals surface area contributed by atoms with Gasteiger partial charge in [-0.15, -0.1) is 0 Å². The number of primary amides is 1. The SMILES string of the molecule is CCCSC[C@H]1c2cccc(O)c2C(=O)C2C(=O)[C@]3(O)C(=O)C(C(N)=O)C(=O)C[C@@H]3[C@@H](OC(C)=O)[C@@H]21. The molecule has 2 unspecified atom stereocenters. The highest BCUT2D eigenvalue weighted by Crippen LogP contribution is 2.55. The number of hydrogen-bond acceptors (Lipinski definition) is 10. The molecule has 192 valence electrons. The molecule has 2 fully saturated rings. The molecule has 1 aromatic rings. The summed E-state index contributed by atoms with van der Waals surface area (Å²) in [5.41, 5.74) is 2.66. The number of carbonyl (C=O) groups is 6. The number of amides is 1. The molecule has 0 aromatic heterocycles. The fraction of sp³-hybridized carbons (Fsp3) is 0.520. The van der Waals surface area contributed by atoms with Crippen molar-refractivity contribution < 1.29 is 43.7 Å². The number of carbonyl (C=O) groups excluding carboxylic acids is 6. The average Bonchev–Trinajstić information content (AvgIpc) is 2.79. The maximum Gasteiger partial charge on any atom is 0.302 e. The molecule has 1 amide bonds. The van der Waals surface area contributed by atoms with E-state index in [-0.39, 0.29) is 11.3 Å². The summed E-state index contributed by atoms with van der Waals surface area (Å²) in [5.74, 6) is -12.4. The predicted octanol–water partition coefficient (Wildman–Crippen LogP) is 0.553. The van der Waals surface area contributed by atoms with Gasteiger partial charge in [-0.05, 0) is 23.8 Å². The van der Waals surface area contributed by atoms with Gasteiger partial charge in [0.15, 0.2) is 34.7 Å². The Kier molecular flexibility index (Phi) is 6.82. The van der Waals surface area contributed by atoms with Crippen LogP contribution in [-0.2, 0) is 28.7 Å². The molecule has 0 saturated heterocycles. The number of aromatic hydroxyl groups is 1. The minimum absolute atomic E-state index is 0.0939. The molecule has 0 heterocycles. The monoisotopic (exact) mass is 517 g/mol. The van der Waals surface area contributed by atoms with E-state index in [0.29, 0.717) is 11.3 Å². The van der Waals surface area contributed by atoms with Crippen molar-refractivity contribution in [1.29, 1.82) is 0 Å². The van der Waals surface area contributed by atoms with Crippen molar-refractivity contribution in [3.63, 3.8) is 0 Å². The van der Waals surface area contributed by atoms with Crippen molar-refractivity contribution in [3.05, 3.63) is 29.3 Å². The van der Waals surface area contributed by atoms with Gasteiger partial charge < -0.3 is 20.7 Å². The number of phenols is 1. The number of aliphatic hydroxyl groups is 1. The summed E-state index contributed by atoms with van der Waals surface area (Å²) in [7, 11) is 0. The van der Waals surface area contributed by atoms with E-state index in [1.807, 2.05) is 6.92 Å². The number of esters is 1. The van der Waals surface area contributed by atoms with Crippen LogP contribution >= 0.6 is 11.8 Å². The summed E-state index contributed by atoms with van der Waals surface area (Å²) in [4.78, 5) is 77.6. The zero-order valence-corrected chi connectivity index (χ0v) is 20.6. The first-order chi connectivity index (χ1) is 17.0. The normalized spacial score (nSPS) is 33.4. The number of thioether (sulfide) groups is 1. The van der Waals surface area contributed by atoms with Crippen molar-refractivity contribution in [1.82, 2.24) is 0 Å². The quantitative estimate of drug-likeness (QED) is 0.274. The molecule has 3 aliphatic carbocycles. The van der Waals surface area contributed by atoms with Crippen LogP contribution in [-0.4, -0.2) is 68.4 Å². The lowest BCUT2D eigenvalue weighted by atomic mass is 9.50. The van der Waals surface area contributed by atoms with Gasteiger partial charge in [0, 0.05) is 36.9 Å². The van der Waals surface area contributed by atoms with Crippen LogP contribution < -0.4 is 5.73 Å². The molecule has 36 heavy (non-hydrogen) atoms. The number of benzene rings is 1. The van der Waals surface area contributed by atoms with Crippen molar-refractivity contribution in [2.45, 2.75) is 44.3 Å². The largest absolute Gasteiger partial charge is 0.507 e. The second kappa shape index (κ2) is 9.44. The maximum absolute atomic E-state index is 13.9. The Balaban J connectivity index is 1.94. The van der Waals surface area contributed by atoms with Crippen LogP contribution in [0.5, 0.6) is 5.75 Å². The van der Waals surface area contributed by atoms with Crippen LogP contribution in [0.25, 0.3) is 0 Å². The number of rotatable bonds is 6. The van der Waals surface area contributed by atoms with Gasteiger partial charge in [0.1, 0.15) is 11.9 Å². The van der Waals surface area contributed by atoms with Gasteiger partial charge in [-0.2, -0.15) is 11.8 Å². The van der Waals surface area contributed by atoms with Crippen molar-refractivity contribution in [3.8, 4) is 5.75 Å². The Labute approximate surface area is 210 Å². The van der Waals surface area contributed by atoms with E-state index in [1.165, 1.54) is 17.8 Å². The van der Waals surface area contributed by atoms with Gasteiger partial charge in [-0.3, -0.25) is 28.8 Å². The van der Waals surface area contributed by atoms with Crippen molar-refractivity contribution in [2.75, 3.05) is 11.5 Å². The van der Waals surface area contributed by atoms with Crippen molar-refractivity contribution >= 4 is 46.8 Å². The van der Waals surface area contributed by atoms with E-state index in [2.05, 4.69) is 0 Å². The van der Waals surface area contributed by atoms with Crippen LogP contribution in [0.3, 0.4) is 0 Å². The summed E-state index contributed by atoms with van der Waals surface area (Å²) in [6, 6.07) is 4.51. The zero-order chi connectivity index (χ0) is 26.5. The Morgan fingerprint density at radius 1 is 1.19 bits per heavy atom. The highest BCUT2D eigenvalue weighted by molar-refractivity contribution is 7.99. The van der Waals surface area contributed by atoms with E-state index in [1.54, 1.807) is 12.1 Å². The highest BCUT2D eigenvalue weighted by Gasteiger charge is 2.71. The van der Waals surface area contributed by atoms with Crippen LogP contribution in [0.15, 0.2) is 18.2 Å². The molecule has 10 nitrogen and oxygen atoms in total. The summed E-state index contributed by atoms with van der Waals surface area (Å²) in [6.07, 6.45) is -1.12. The molecule has 0 bridgehead atoms. The highest BCUT2D eigenvalue weighted by atomic mass is 32.2. The number of fused-ring (bicyclic) bond motifs is 3. The standard InChI is InChI=1S/C25H27NO9S/c1-3-7-36-9-12-11-5-4-6-14(28)16(11)20(30)19-17(12)21(35-10(2)27)13-8-15(29)18(24(26)33)22(31)25(13,34)23(19)32/h4-6,12-13,17-19,21,28,34H,3,7-9H2,1-2H3,(H2,26,33)/t12-,13+,17+,18?,19?,21+,25+/m0/s1. The van der Waals surface area contributed by atoms with Crippen LogP contribution in [0.1, 0.15) is 48.5 Å². The van der Waals surface area contributed by atoms with Gasteiger partial charge >= 0.3 is 5.97 Å². The molecule has 4 N–H and O–H groups in total. The molecular formula is C25H27NO9S. The first kappa shape index (κ1) is 26.0. The summed E-state index contributed by atoms with van der Waals surface area (Å²) in [5, 5.41) is 22.1. The maximum atomic E-state index is 13.9. The number of nitrogens with two attached hydrogens (primary N) is 1. The smallest absolute Gasteiger partial charge is 0.302 e. The lowest BCUT2D eigenvalue weighted by Gasteiger charge is -2.54. The van der Waals surface area contributed by atoms with Gasteiger partial charge in [0.05, 0.1) is 11.5 Å². The van der Waals surface area contributed by atoms with Gasteiger partial charge in [-0.25, -0.2) is 0 Å². The molecule has 0 aliphatic heterocycles. The zero-order valence-electron chi connectivity index (χ0n) is 19.8. The Morgan fingerprint density at radius 2 is 1.89 bits per heavy atom. The molecule has 0 spiro atoms. The van der Waals surface area contributed by atoms with Gasteiger partial charge in [-0.1, -0.05) is 19.1 Å². The third kappa shape index (κ3) is 3.76. The minimum atomic E-state index is -2.94. The molecule has 3 aliphatic rings. The fourth-order valence-corrected chi connectivity index (χ4v) is 7.12. The molecule has 1 aromatic carbocycles. The van der Waals surface area contributed by atoms with Crippen LogP contribution in [0, 0.1) is 23.7 Å². The molecule has 4 rings (SSSR count). The Morgan fingerprint density at radius 3 is 2.50 bits per heavy atom. The molecule has 2 saturated carbocycles. The third-order valence-electron chi connectivity index (χ3n) is 7.44. The average molecular weight is 518 g/mol. The predicted molar refractivity (Wildman–Crippen MR) is 126 cm³/mol. The number of hydrogen-bond donors (Lipinski definition) is 3. The summed E-state index contributed by atoms with van der Waals surface area (Å²) in [6.45, 7) is 3.09. The van der Waals surface area contributed by atoms with E-state index in [9.17, 15) is 39.0 Å². The molecule has 11 heteroatoms. The molecule has 7 atom stereocenters. The molecule has 0 radical (unpaired) electrons. The van der Waals surface area contributed by atoms with Crippen molar-refractivity contribution in [2.24, 2.45) is 29.4 Å². The first-order valence-corrected chi connectivity index (χ1v) is 12.9. The number of Topliss-reactive ketones (excluding diaryl/α,β-unsaturated/α-hetero) is 4. The van der Waals surface area contributed by atoms with E-state index >= 15 is 0 Å².